The van der Waals surface area contributed by atoms with Crippen LogP contribution in [0.25, 0.3) is 0 Å². The molecule has 92 valence electrons. The highest BCUT2D eigenvalue weighted by Gasteiger charge is 2.49. The third kappa shape index (κ3) is 2.55. The van der Waals surface area contributed by atoms with Gasteiger partial charge in [0.25, 0.3) is 0 Å². The lowest BCUT2D eigenvalue weighted by molar-refractivity contribution is -0.143. The van der Waals surface area contributed by atoms with Crippen molar-refractivity contribution in [1.29, 1.82) is 0 Å². The normalized spacial score (nSPS) is 16.6. The summed E-state index contributed by atoms with van der Waals surface area (Å²) in [5.74, 6) is -0.0214. The van der Waals surface area contributed by atoms with Crippen molar-refractivity contribution >= 4 is 17.6 Å². The predicted octanol–water partition coefficient (Wildman–Crippen LogP) is 3.15. The number of carboxylic acids is 1. The van der Waals surface area contributed by atoms with E-state index in [1.54, 1.807) is 7.11 Å². The largest absolute Gasteiger partial charge is 0.495 e. The second-order valence-electron chi connectivity index (χ2n) is 4.55. The van der Waals surface area contributed by atoms with Crippen LogP contribution in [0.2, 0.25) is 5.02 Å². The summed E-state index contributed by atoms with van der Waals surface area (Å²) in [6.07, 6.45) is 3.03. The average Bonchev–Trinajstić information content (AvgIpc) is 3.07. The third-order valence-corrected chi connectivity index (χ3v) is 3.71. The first kappa shape index (κ1) is 12.2. The predicted molar refractivity (Wildman–Crippen MR) is 65.6 cm³/mol. The van der Waals surface area contributed by atoms with Gasteiger partial charge < -0.3 is 9.84 Å². The Kier molecular flexibility index (Phi) is 3.29. The Morgan fingerprint density at radius 2 is 2.24 bits per heavy atom. The number of rotatable bonds is 5. The fourth-order valence-corrected chi connectivity index (χ4v) is 2.25. The average molecular weight is 255 g/mol. The summed E-state index contributed by atoms with van der Waals surface area (Å²) in [7, 11) is 1.57. The number of carboxylic acid groups (broad SMARTS) is 1. The second-order valence-corrected chi connectivity index (χ2v) is 4.96. The van der Waals surface area contributed by atoms with Crippen LogP contribution in [-0.4, -0.2) is 18.2 Å². The van der Waals surface area contributed by atoms with E-state index in [0.717, 1.165) is 24.8 Å². The number of aliphatic carboxylic acids is 1. The van der Waals surface area contributed by atoms with Crippen LogP contribution in [0.15, 0.2) is 18.2 Å². The van der Waals surface area contributed by atoms with E-state index in [1.165, 1.54) is 0 Å². The number of methoxy groups -OCH3 is 1. The first-order valence-electron chi connectivity index (χ1n) is 5.63. The van der Waals surface area contributed by atoms with E-state index >= 15 is 0 Å². The van der Waals surface area contributed by atoms with E-state index in [2.05, 4.69) is 0 Å². The van der Waals surface area contributed by atoms with Gasteiger partial charge in [-0.05, 0) is 43.4 Å². The van der Waals surface area contributed by atoms with Gasteiger partial charge in [-0.2, -0.15) is 0 Å². The maximum Gasteiger partial charge on any atom is 0.309 e. The zero-order valence-electron chi connectivity index (χ0n) is 9.70. The molecule has 0 amide bonds. The van der Waals surface area contributed by atoms with Gasteiger partial charge >= 0.3 is 5.97 Å². The molecule has 1 aromatic rings. The minimum absolute atomic E-state index is 0.466. The van der Waals surface area contributed by atoms with E-state index < -0.39 is 11.4 Å². The Labute approximate surface area is 105 Å². The molecule has 1 N–H and O–H groups in total. The molecule has 4 heteroatoms. The molecule has 3 nitrogen and oxygen atoms in total. The number of carbonyl (C=O) groups is 1. The van der Waals surface area contributed by atoms with Crippen LogP contribution < -0.4 is 4.74 Å². The van der Waals surface area contributed by atoms with Gasteiger partial charge in [0.1, 0.15) is 5.75 Å². The van der Waals surface area contributed by atoms with Crippen LogP contribution in [0.5, 0.6) is 5.75 Å². The smallest absolute Gasteiger partial charge is 0.309 e. The summed E-state index contributed by atoms with van der Waals surface area (Å²) in [5, 5.41) is 9.65. The summed E-state index contributed by atoms with van der Waals surface area (Å²) in [5.41, 5.74) is 0.593. The molecule has 17 heavy (non-hydrogen) atoms. The zero-order chi connectivity index (χ0) is 12.5. The SMILES string of the molecule is COc1ccc(CCC2(C(=O)O)CC2)cc1Cl. The highest BCUT2D eigenvalue weighted by atomic mass is 35.5. The lowest BCUT2D eigenvalue weighted by Gasteiger charge is -2.10. The summed E-state index contributed by atoms with van der Waals surface area (Å²) in [6, 6.07) is 5.60. The molecule has 0 unspecified atom stereocenters. The van der Waals surface area contributed by atoms with Gasteiger partial charge in [-0.25, -0.2) is 0 Å². The number of hydrogen-bond acceptors (Lipinski definition) is 2. The maximum absolute atomic E-state index is 11.0. The van der Waals surface area contributed by atoms with Crippen molar-refractivity contribution in [2.24, 2.45) is 5.41 Å². The van der Waals surface area contributed by atoms with Gasteiger partial charge in [0.05, 0.1) is 17.5 Å². The molecule has 1 aliphatic rings. The summed E-state index contributed by atoms with van der Waals surface area (Å²) < 4.78 is 5.07. The fraction of sp³-hybridized carbons (Fsp3) is 0.462. The first-order valence-corrected chi connectivity index (χ1v) is 6.01. The number of benzene rings is 1. The fourth-order valence-electron chi connectivity index (χ4n) is 1.97. The van der Waals surface area contributed by atoms with Gasteiger partial charge in [-0.3, -0.25) is 4.79 Å². The summed E-state index contributed by atoms with van der Waals surface area (Å²) >= 11 is 6.02. The minimum Gasteiger partial charge on any atom is -0.495 e. The van der Waals surface area contributed by atoms with Gasteiger partial charge in [0, 0.05) is 0 Å². The molecule has 0 heterocycles. The van der Waals surface area contributed by atoms with Gasteiger partial charge in [-0.1, -0.05) is 17.7 Å². The Balaban J connectivity index is 2.00. The van der Waals surface area contributed by atoms with Gasteiger partial charge in [0.15, 0.2) is 0 Å². The van der Waals surface area contributed by atoms with Crippen molar-refractivity contribution in [3.63, 3.8) is 0 Å². The molecule has 0 aromatic heterocycles. The molecule has 0 radical (unpaired) electrons. The van der Waals surface area contributed by atoms with Crippen LogP contribution >= 0.6 is 11.6 Å². The standard InChI is InChI=1S/C13H15ClO3/c1-17-11-3-2-9(8-10(11)14)4-5-13(6-7-13)12(15)16/h2-3,8H,4-7H2,1H3,(H,15,16). The molecule has 0 aliphatic heterocycles. The summed E-state index contributed by atoms with van der Waals surface area (Å²) in [6.45, 7) is 0. The summed E-state index contributed by atoms with van der Waals surface area (Å²) in [4.78, 5) is 11.0. The van der Waals surface area contributed by atoms with Crippen molar-refractivity contribution < 1.29 is 14.6 Å². The van der Waals surface area contributed by atoms with E-state index in [-0.39, 0.29) is 0 Å². The number of ether oxygens (including phenoxy) is 1. The lowest BCUT2D eigenvalue weighted by Crippen LogP contribution is -2.15. The highest BCUT2D eigenvalue weighted by molar-refractivity contribution is 6.32. The van der Waals surface area contributed by atoms with E-state index in [4.69, 9.17) is 21.4 Å². The number of hydrogen-bond donors (Lipinski definition) is 1. The van der Waals surface area contributed by atoms with Crippen molar-refractivity contribution in [3.8, 4) is 5.75 Å². The number of halogens is 1. The molecule has 1 aromatic carbocycles. The minimum atomic E-state index is -0.669. The van der Waals surface area contributed by atoms with Gasteiger partial charge in [0.2, 0.25) is 0 Å². The maximum atomic E-state index is 11.0. The van der Waals surface area contributed by atoms with E-state index in [1.807, 2.05) is 18.2 Å². The number of aryl methyl sites for hydroxylation is 1. The molecular weight excluding hydrogens is 240 g/mol. The molecule has 0 atom stereocenters. The topological polar surface area (TPSA) is 46.5 Å². The van der Waals surface area contributed by atoms with Crippen molar-refractivity contribution in [2.75, 3.05) is 7.11 Å². The first-order chi connectivity index (χ1) is 8.07. The molecule has 1 fully saturated rings. The monoisotopic (exact) mass is 254 g/mol. The van der Waals surface area contributed by atoms with Crippen LogP contribution in [0.3, 0.4) is 0 Å². The zero-order valence-corrected chi connectivity index (χ0v) is 10.5. The Hall–Kier alpha value is -1.22. The van der Waals surface area contributed by atoms with Crippen LogP contribution in [0.1, 0.15) is 24.8 Å². The Morgan fingerprint density at radius 1 is 1.53 bits per heavy atom. The van der Waals surface area contributed by atoms with Crippen molar-refractivity contribution in [3.05, 3.63) is 28.8 Å². The molecule has 0 spiro atoms. The van der Waals surface area contributed by atoms with E-state index in [9.17, 15) is 4.79 Å². The molecule has 0 bridgehead atoms. The molecule has 2 rings (SSSR count). The quantitative estimate of drug-likeness (QED) is 0.878. The Bertz CT molecular complexity index is 438. The second kappa shape index (κ2) is 4.57. The molecule has 1 aliphatic carbocycles. The molecule has 1 saturated carbocycles. The van der Waals surface area contributed by atoms with Crippen LogP contribution in [-0.2, 0) is 11.2 Å². The van der Waals surface area contributed by atoms with Crippen molar-refractivity contribution in [1.82, 2.24) is 0 Å². The van der Waals surface area contributed by atoms with Crippen LogP contribution in [0.4, 0.5) is 0 Å². The van der Waals surface area contributed by atoms with Crippen LogP contribution in [0, 0.1) is 5.41 Å². The third-order valence-electron chi connectivity index (χ3n) is 3.42. The lowest BCUT2D eigenvalue weighted by atomic mass is 9.97. The van der Waals surface area contributed by atoms with Crippen molar-refractivity contribution in [2.45, 2.75) is 25.7 Å². The highest BCUT2D eigenvalue weighted by Crippen LogP contribution is 2.49. The van der Waals surface area contributed by atoms with E-state index in [0.29, 0.717) is 17.2 Å². The van der Waals surface area contributed by atoms with Gasteiger partial charge in [-0.15, -0.1) is 0 Å². The molecular formula is C13H15ClO3. The Morgan fingerprint density at radius 3 is 2.71 bits per heavy atom. The molecule has 0 saturated heterocycles.